The van der Waals surface area contributed by atoms with Gasteiger partial charge in [0.25, 0.3) is 20.5 Å². The number of aromatic hydroxyl groups is 1. The monoisotopic (exact) mass is 326 g/mol. The zero-order chi connectivity index (χ0) is 15.2. The number of hydrogen-bond acceptors (Lipinski definition) is 6. The van der Waals surface area contributed by atoms with E-state index in [1.54, 1.807) is 0 Å². The van der Waals surface area contributed by atoms with Crippen molar-refractivity contribution >= 4 is 32.4 Å². The highest BCUT2D eigenvalue weighted by Gasteiger charge is 2.29. The summed E-state index contributed by atoms with van der Waals surface area (Å²) in [7, 11) is -4.20. The second-order valence-electron chi connectivity index (χ2n) is 4.14. The molecule has 0 aliphatic heterocycles. The molecule has 0 unspecified atom stereocenters. The van der Waals surface area contributed by atoms with Gasteiger partial charge in [-0.15, -0.1) is 0 Å². The number of nitrogens with one attached hydrogen (secondary N) is 1. The summed E-state index contributed by atoms with van der Waals surface area (Å²) in [6.45, 7) is 0. The van der Waals surface area contributed by atoms with Crippen LogP contribution in [-0.4, -0.2) is 23.7 Å². The van der Waals surface area contributed by atoms with Crippen molar-refractivity contribution in [1.82, 2.24) is 10.2 Å². The molecule has 0 atom stereocenters. The molecule has 2 aromatic heterocycles. The van der Waals surface area contributed by atoms with Crippen LogP contribution in [0.2, 0.25) is 5.02 Å². The van der Waals surface area contributed by atoms with Gasteiger partial charge in [0.15, 0.2) is 10.8 Å². The number of aromatic amines is 1. The van der Waals surface area contributed by atoms with Crippen molar-refractivity contribution in [2.75, 3.05) is 0 Å². The zero-order valence-corrected chi connectivity index (χ0v) is 11.8. The first-order chi connectivity index (χ1) is 9.89. The lowest BCUT2D eigenvalue weighted by Crippen LogP contribution is -2.11. The highest BCUT2D eigenvalue weighted by molar-refractivity contribution is 7.91. The lowest BCUT2D eigenvalue weighted by atomic mass is 10.2. The third kappa shape index (κ3) is 2.18. The number of benzene rings is 1. The van der Waals surface area contributed by atoms with Crippen LogP contribution in [0.4, 0.5) is 0 Å². The average molecular weight is 327 g/mol. The zero-order valence-electron chi connectivity index (χ0n) is 10.2. The highest BCUT2D eigenvalue weighted by atomic mass is 35.5. The van der Waals surface area contributed by atoms with E-state index in [0.717, 1.165) is 12.1 Å². The third-order valence-corrected chi connectivity index (χ3v) is 4.54. The molecule has 21 heavy (non-hydrogen) atoms. The lowest BCUT2D eigenvalue weighted by molar-refractivity contribution is 0.403. The van der Waals surface area contributed by atoms with Crippen LogP contribution in [0.5, 0.6) is 5.75 Å². The van der Waals surface area contributed by atoms with Crippen LogP contribution >= 0.6 is 11.6 Å². The molecule has 0 aliphatic rings. The molecule has 3 rings (SSSR count). The van der Waals surface area contributed by atoms with E-state index in [4.69, 9.17) is 16.0 Å². The molecule has 0 saturated heterocycles. The summed E-state index contributed by atoms with van der Waals surface area (Å²) in [5.41, 5.74) is -0.380. The predicted molar refractivity (Wildman–Crippen MR) is 73.2 cm³/mol. The maximum absolute atomic E-state index is 12.3. The number of halogens is 1. The van der Waals surface area contributed by atoms with Crippen molar-refractivity contribution < 1.29 is 17.9 Å². The number of nitrogens with zero attached hydrogens (tertiary/aromatic N) is 1. The maximum Gasteiger partial charge on any atom is 0.267 e. The lowest BCUT2D eigenvalue weighted by Gasteiger charge is -1.99. The molecule has 2 heterocycles. The van der Waals surface area contributed by atoms with Crippen molar-refractivity contribution in [3.8, 4) is 5.75 Å². The minimum Gasteiger partial charge on any atom is -0.503 e. The number of furan rings is 1. The Labute approximate surface area is 122 Å². The fourth-order valence-electron chi connectivity index (χ4n) is 1.79. The van der Waals surface area contributed by atoms with Crippen molar-refractivity contribution in [2.45, 2.75) is 10.1 Å². The van der Waals surface area contributed by atoms with Gasteiger partial charge in [0, 0.05) is 11.1 Å². The number of aromatic nitrogens is 2. The fraction of sp³-hybridized carbons (Fsp3) is 0. The summed E-state index contributed by atoms with van der Waals surface area (Å²) >= 11 is 5.79. The van der Waals surface area contributed by atoms with Gasteiger partial charge in [-0.2, -0.15) is 5.10 Å². The molecule has 108 valence electrons. The third-order valence-electron chi connectivity index (χ3n) is 2.77. The normalized spacial score (nSPS) is 11.9. The Bertz CT molecular complexity index is 986. The van der Waals surface area contributed by atoms with Gasteiger partial charge in [0.05, 0.1) is 5.39 Å². The number of H-pyrrole nitrogens is 1. The van der Waals surface area contributed by atoms with E-state index in [9.17, 15) is 18.3 Å². The molecule has 0 amide bonds. The molecule has 1 aromatic carbocycles. The Morgan fingerprint density at radius 2 is 2.00 bits per heavy atom. The molecule has 0 saturated carbocycles. The summed E-state index contributed by atoms with van der Waals surface area (Å²) in [5, 5.41) is 14.9. The van der Waals surface area contributed by atoms with E-state index in [1.807, 2.05) is 5.10 Å². The van der Waals surface area contributed by atoms with Gasteiger partial charge in [-0.05, 0) is 24.3 Å². The van der Waals surface area contributed by atoms with Crippen molar-refractivity contribution in [2.24, 2.45) is 0 Å². The summed E-state index contributed by atoms with van der Waals surface area (Å²) < 4.78 is 29.9. The molecule has 2 N–H and O–H groups in total. The molecule has 0 spiro atoms. The Morgan fingerprint density at radius 1 is 1.24 bits per heavy atom. The highest BCUT2D eigenvalue weighted by Crippen LogP contribution is 2.38. The first-order valence-corrected chi connectivity index (χ1v) is 7.47. The van der Waals surface area contributed by atoms with Gasteiger partial charge in [-0.25, -0.2) is 13.5 Å². The Kier molecular flexibility index (Phi) is 2.99. The van der Waals surface area contributed by atoms with Crippen LogP contribution < -0.4 is 5.56 Å². The van der Waals surface area contributed by atoms with Crippen molar-refractivity contribution in [1.29, 1.82) is 0 Å². The first kappa shape index (κ1) is 13.7. The SMILES string of the molecule is O=c1ccc(S(=O)(=O)c2oc3ccc(Cl)cc3c2O)n[nH]1. The largest absolute Gasteiger partial charge is 0.503 e. The van der Waals surface area contributed by atoms with Gasteiger partial charge in [0.1, 0.15) is 5.58 Å². The van der Waals surface area contributed by atoms with Gasteiger partial charge in [-0.1, -0.05) is 11.6 Å². The van der Waals surface area contributed by atoms with E-state index in [2.05, 4.69) is 5.10 Å². The van der Waals surface area contributed by atoms with Crippen LogP contribution in [0, 0.1) is 0 Å². The molecule has 7 nitrogen and oxygen atoms in total. The molecule has 0 bridgehead atoms. The number of hydrogen-bond donors (Lipinski definition) is 2. The van der Waals surface area contributed by atoms with E-state index >= 15 is 0 Å². The topological polar surface area (TPSA) is 113 Å². The van der Waals surface area contributed by atoms with Crippen LogP contribution in [0.25, 0.3) is 11.0 Å². The maximum atomic E-state index is 12.3. The van der Waals surface area contributed by atoms with Crippen LogP contribution in [-0.2, 0) is 9.84 Å². The van der Waals surface area contributed by atoms with Gasteiger partial charge in [-0.3, -0.25) is 4.79 Å². The molecular weight excluding hydrogens is 320 g/mol. The molecule has 0 aliphatic carbocycles. The van der Waals surface area contributed by atoms with E-state index < -0.39 is 31.3 Å². The quantitative estimate of drug-likeness (QED) is 0.741. The molecule has 0 fully saturated rings. The number of rotatable bonds is 2. The van der Waals surface area contributed by atoms with E-state index in [1.165, 1.54) is 18.2 Å². The summed E-state index contributed by atoms with van der Waals surface area (Å²) in [5.74, 6) is -0.555. The molecule has 3 aromatic rings. The average Bonchev–Trinajstić information content (AvgIpc) is 2.77. The molecule has 0 radical (unpaired) electrons. The summed E-state index contributed by atoms with van der Waals surface area (Å²) in [6, 6.07) is 6.36. The first-order valence-electron chi connectivity index (χ1n) is 5.61. The number of sulfone groups is 1. The summed E-state index contributed by atoms with van der Waals surface area (Å²) in [4.78, 5) is 10.9. The van der Waals surface area contributed by atoms with Crippen molar-refractivity contribution in [3.63, 3.8) is 0 Å². The Balaban J connectivity index is 2.26. The predicted octanol–water partition coefficient (Wildman–Crippen LogP) is 1.71. The summed E-state index contributed by atoms with van der Waals surface area (Å²) in [6.07, 6.45) is 0. The van der Waals surface area contributed by atoms with Gasteiger partial charge in [0.2, 0.25) is 0 Å². The second-order valence-corrected chi connectivity index (χ2v) is 6.37. The Morgan fingerprint density at radius 3 is 2.67 bits per heavy atom. The van der Waals surface area contributed by atoms with E-state index in [-0.39, 0.29) is 11.0 Å². The Hall–Kier alpha value is -2.32. The second kappa shape index (κ2) is 4.61. The van der Waals surface area contributed by atoms with Crippen LogP contribution in [0.15, 0.2) is 49.7 Å². The molecule has 9 heteroatoms. The standard InChI is InChI=1S/C12H7ClN2O5S/c13-6-1-2-8-7(5-6)11(17)12(20-8)21(18,19)10-4-3-9(16)14-15-10/h1-5,17H,(H,14,16). The number of fused-ring (bicyclic) bond motifs is 1. The van der Waals surface area contributed by atoms with Crippen LogP contribution in [0.3, 0.4) is 0 Å². The minimum absolute atomic E-state index is 0.167. The van der Waals surface area contributed by atoms with Gasteiger partial charge < -0.3 is 9.52 Å². The smallest absolute Gasteiger partial charge is 0.267 e. The van der Waals surface area contributed by atoms with E-state index in [0.29, 0.717) is 5.02 Å². The minimum atomic E-state index is -4.20. The molecular formula is C12H7ClN2O5S. The van der Waals surface area contributed by atoms with Gasteiger partial charge >= 0.3 is 0 Å². The van der Waals surface area contributed by atoms with Crippen molar-refractivity contribution in [3.05, 3.63) is 45.7 Å². The van der Waals surface area contributed by atoms with Crippen LogP contribution in [0.1, 0.15) is 0 Å². The fourth-order valence-corrected chi connectivity index (χ4v) is 3.13.